The van der Waals surface area contributed by atoms with Gasteiger partial charge >= 0.3 is 0 Å². The van der Waals surface area contributed by atoms with Gasteiger partial charge < -0.3 is 24.3 Å². The number of methoxy groups -OCH3 is 2. The number of hydrogen-bond donors (Lipinski definition) is 2. The molecular weight excluding hydrogens is 338 g/mol. The minimum Gasteiger partial charge on any atom is -0.497 e. The number of nitrogens with one attached hydrogen (secondary N) is 2. The van der Waals surface area contributed by atoms with E-state index in [2.05, 4.69) is 10.3 Å². The number of anilines is 1. The number of hydrogen-bond acceptors (Lipinski definition) is 4. The van der Waals surface area contributed by atoms with E-state index < -0.39 is 0 Å². The molecule has 3 aromatic rings. The van der Waals surface area contributed by atoms with Gasteiger partial charge in [-0.3, -0.25) is 4.79 Å². The van der Waals surface area contributed by atoms with Crippen LogP contribution in [0.15, 0.2) is 36.4 Å². The van der Waals surface area contributed by atoms with Crippen molar-refractivity contribution >= 4 is 34.8 Å². The van der Waals surface area contributed by atoms with Crippen molar-refractivity contribution in [3.8, 4) is 11.5 Å². The molecule has 0 aliphatic carbocycles. The second-order valence-electron chi connectivity index (χ2n) is 5.43. The third-order valence-corrected chi connectivity index (χ3v) is 4.33. The van der Waals surface area contributed by atoms with Gasteiger partial charge in [0.25, 0.3) is 5.91 Å². The van der Waals surface area contributed by atoms with E-state index in [1.165, 1.54) is 0 Å². The van der Waals surface area contributed by atoms with E-state index in [1.807, 2.05) is 17.6 Å². The van der Waals surface area contributed by atoms with Crippen molar-refractivity contribution in [2.75, 3.05) is 19.5 Å². The zero-order valence-corrected chi connectivity index (χ0v) is 15.1. The van der Waals surface area contributed by atoms with Gasteiger partial charge in [0.2, 0.25) is 0 Å². The molecule has 130 valence electrons. The maximum absolute atomic E-state index is 12.6. The molecule has 0 aliphatic rings. The van der Waals surface area contributed by atoms with Crippen molar-refractivity contribution in [1.29, 1.82) is 0 Å². The van der Waals surface area contributed by atoms with Crippen LogP contribution in [0.25, 0.3) is 11.0 Å². The molecule has 0 spiro atoms. The molecule has 1 aromatic heterocycles. The van der Waals surface area contributed by atoms with E-state index in [0.717, 1.165) is 17.6 Å². The molecule has 2 N–H and O–H groups in total. The van der Waals surface area contributed by atoms with Crippen molar-refractivity contribution in [3.63, 3.8) is 0 Å². The highest BCUT2D eigenvalue weighted by Crippen LogP contribution is 2.29. The molecule has 0 atom stereocenters. The summed E-state index contributed by atoms with van der Waals surface area (Å²) in [6.45, 7) is 2.80. The second kappa shape index (κ2) is 6.98. The number of H-pyrrole nitrogens is 1. The monoisotopic (exact) mass is 357 g/mol. The van der Waals surface area contributed by atoms with Crippen molar-refractivity contribution in [1.82, 2.24) is 9.55 Å². The zero-order chi connectivity index (χ0) is 18.0. The Balaban J connectivity index is 1.91. The smallest absolute Gasteiger partial charge is 0.255 e. The van der Waals surface area contributed by atoms with Crippen molar-refractivity contribution in [2.45, 2.75) is 13.5 Å². The summed E-state index contributed by atoms with van der Waals surface area (Å²) in [4.78, 5) is 15.7. The van der Waals surface area contributed by atoms with E-state index >= 15 is 0 Å². The van der Waals surface area contributed by atoms with Crippen LogP contribution in [0, 0.1) is 4.77 Å². The van der Waals surface area contributed by atoms with E-state index in [-0.39, 0.29) is 5.91 Å². The van der Waals surface area contributed by atoms with E-state index in [4.69, 9.17) is 21.7 Å². The Kier molecular flexibility index (Phi) is 4.76. The average molecular weight is 357 g/mol. The number of fused-ring (bicyclic) bond motifs is 1. The predicted molar refractivity (Wildman–Crippen MR) is 100 cm³/mol. The topological polar surface area (TPSA) is 68.3 Å². The Bertz CT molecular complexity index is 991. The number of benzene rings is 2. The minimum absolute atomic E-state index is 0.228. The first-order chi connectivity index (χ1) is 12.1. The van der Waals surface area contributed by atoms with Crippen LogP contribution in [0.3, 0.4) is 0 Å². The summed E-state index contributed by atoms with van der Waals surface area (Å²) in [6, 6.07) is 10.7. The van der Waals surface area contributed by atoms with Crippen LogP contribution in [0.5, 0.6) is 11.5 Å². The quantitative estimate of drug-likeness (QED) is 0.678. The number of nitrogens with zero attached hydrogens (tertiary/aromatic N) is 1. The van der Waals surface area contributed by atoms with Crippen LogP contribution >= 0.6 is 12.2 Å². The van der Waals surface area contributed by atoms with E-state index in [1.54, 1.807) is 44.6 Å². The van der Waals surface area contributed by atoms with Crippen LogP contribution in [-0.4, -0.2) is 29.7 Å². The highest BCUT2D eigenvalue weighted by atomic mass is 32.1. The third kappa shape index (κ3) is 3.23. The standard InChI is InChI=1S/C18H19N3O3S/c1-4-21-15-8-5-11(9-14(15)20-18(21)25)17(22)19-13-7-6-12(23-2)10-16(13)24-3/h5-10H,4H2,1-3H3,(H,19,22)(H,20,25). The number of amides is 1. The average Bonchev–Trinajstić information content (AvgIpc) is 2.95. The minimum atomic E-state index is -0.228. The number of ether oxygens (including phenoxy) is 2. The van der Waals surface area contributed by atoms with Crippen molar-refractivity contribution < 1.29 is 14.3 Å². The van der Waals surface area contributed by atoms with Gasteiger partial charge in [-0.1, -0.05) is 0 Å². The highest BCUT2D eigenvalue weighted by molar-refractivity contribution is 7.71. The second-order valence-corrected chi connectivity index (χ2v) is 5.81. The summed E-state index contributed by atoms with van der Waals surface area (Å²) >= 11 is 5.30. The van der Waals surface area contributed by atoms with E-state index in [9.17, 15) is 4.79 Å². The Morgan fingerprint density at radius 3 is 2.68 bits per heavy atom. The number of aryl methyl sites for hydroxylation is 1. The molecule has 2 aromatic carbocycles. The van der Waals surface area contributed by atoms with Crippen LogP contribution < -0.4 is 14.8 Å². The van der Waals surface area contributed by atoms with Gasteiger partial charge in [0, 0.05) is 18.2 Å². The third-order valence-electron chi connectivity index (χ3n) is 4.01. The molecule has 0 unspecified atom stereocenters. The normalized spacial score (nSPS) is 10.7. The lowest BCUT2D eigenvalue weighted by molar-refractivity contribution is 0.102. The number of rotatable bonds is 5. The first-order valence-corrected chi connectivity index (χ1v) is 8.24. The van der Waals surface area contributed by atoms with Gasteiger partial charge in [-0.25, -0.2) is 0 Å². The van der Waals surface area contributed by atoms with E-state index in [0.29, 0.717) is 27.5 Å². The molecule has 3 rings (SSSR count). The largest absolute Gasteiger partial charge is 0.497 e. The summed E-state index contributed by atoms with van der Waals surface area (Å²) in [5, 5.41) is 2.86. The van der Waals surface area contributed by atoms with Gasteiger partial charge in [0.15, 0.2) is 4.77 Å². The summed E-state index contributed by atoms with van der Waals surface area (Å²) < 4.78 is 13.1. The fourth-order valence-corrected chi connectivity index (χ4v) is 3.05. The number of imidazole rings is 1. The lowest BCUT2D eigenvalue weighted by Gasteiger charge is -2.11. The number of carbonyl (C=O) groups is 1. The first-order valence-electron chi connectivity index (χ1n) is 7.83. The molecule has 1 amide bonds. The lowest BCUT2D eigenvalue weighted by atomic mass is 10.1. The van der Waals surface area contributed by atoms with Gasteiger partial charge in [0.1, 0.15) is 11.5 Å². The first kappa shape index (κ1) is 17.0. The number of carbonyl (C=O) groups excluding carboxylic acids is 1. The number of aromatic nitrogens is 2. The molecule has 6 nitrogen and oxygen atoms in total. The van der Waals surface area contributed by atoms with Crippen LogP contribution in [0.4, 0.5) is 5.69 Å². The molecule has 1 heterocycles. The van der Waals surface area contributed by atoms with Gasteiger partial charge in [-0.2, -0.15) is 0 Å². The fourth-order valence-electron chi connectivity index (χ4n) is 2.72. The molecule has 0 saturated heterocycles. The predicted octanol–water partition coefficient (Wildman–Crippen LogP) is 3.99. The van der Waals surface area contributed by atoms with Gasteiger partial charge in [-0.15, -0.1) is 0 Å². The fraction of sp³-hybridized carbons (Fsp3) is 0.222. The summed E-state index contributed by atoms with van der Waals surface area (Å²) in [5.74, 6) is 0.962. The summed E-state index contributed by atoms with van der Waals surface area (Å²) in [6.07, 6.45) is 0. The molecule has 25 heavy (non-hydrogen) atoms. The molecular formula is C18H19N3O3S. The van der Waals surface area contributed by atoms with Gasteiger partial charge in [-0.05, 0) is 49.5 Å². The van der Waals surface area contributed by atoms with Crippen molar-refractivity contribution in [3.05, 3.63) is 46.7 Å². The maximum Gasteiger partial charge on any atom is 0.255 e. The molecule has 0 fully saturated rings. The SMILES string of the molecule is CCn1c(=S)[nH]c2cc(C(=O)Nc3ccc(OC)cc3OC)ccc21. The lowest BCUT2D eigenvalue weighted by Crippen LogP contribution is -2.12. The Morgan fingerprint density at radius 2 is 2.00 bits per heavy atom. The molecule has 7 heteroatoms. The Morgan fingerprint density at radius 1 is 1.20 bits per heavy atom. The summed E-state index contributed by atoms with van der Waals surface area (Å²) in [7, 11) is 3.12. The molecule has 0 radical (unpaired) electrons. The Hall–Kier alpha value is -2.80. The maximum atomic E-state index is 12.6. The molecule has 0 saturated carbocycles. The van der Waals surface area contributed by atoms with Crippen LogP contribution in [0.1, 0.15) is 17.3 Å². The zero-order valence-electron chi connectivity index (χ0n) is 14.3. The van der Waals surface area contributed by atoms with Crippen LogP contribution in [-0.2, 0) is 6.54 Å². The summed E-state index contributed by atoms with van der Waals surface area (Å²) in [5.41, 5.74) is 2.92. The Labute approximate surface area is 150 Å². The number of aromatic amines is 1. The van der Waals surface area contributed by atoms with Gasteiger partial charge in [0.05, 0.1) is 30.9 Å². The molecule has 0 aliphatic heterocycles. The highest BCUT2D eigenvalue weighted by Gasteiger charge is 2.12. The van der Waals surface area contributed by atoms with Crippen LogP contribution in [0.2, 0.25) is 0 Å². The molecule has 0 bridgehead atoms. The van der Waals surface area contributed by atoms with Crippen molar-refractivity contribution in [2.24, 2.45) is 0 Å².